The van der Waals surface area contributed by atoms with Gasteiger partial charge in [0.05, 0.1) is 17.6 Å². The Hall–Kier alpha value is -3.13. The van der Waals surface area contributed by atoms with Crippen molar-refractivity contribution < 1.29 is 0 Å². The topological polar surface area (TPSA) is 17.3 Å². The summed E-state index contributed by atoms with van der Waals surface area (Å²) in [5.41, 5.74) is 4.65. The fourth-order valence-corrected chi connectivity index (χ4v) is 3.25. The van der Waals surface area contributed by atoms with E-state index in [1.54, 1.807) is 0 Å². The third kappa shape index (κ3) is 3.70. The molecule has 0 aliphatic heterocycles. The number of hydrogen-bond acceptors (Lipinski definition) is 1. The number of benzene rings is 3. The highest BCUT2D eigenvalue weighted by Crippen LogP contribution is 2.25. The van der Waals surface area contributed by atoms with Crippen LogP contribution in [0.15, 0.2) is 90.1 Å². The van der Waals surface area contributed by atoms with E-state index in [-0.39, 0.29) is 5.41 Å². The number of hydrogen-bond donors (Lipinski definition) is 0. The van der Waals surface area contributed by atoms with Gasteiger partial charge in [0.25, 0.3) is 0 Å². The molecule has 0 fully saturated rings. The molecule has 0 spiro atoms. The second kappa shape index (κ2) is 6.88. The summed E-state index contributed by atoms with van der Waals surface area (Å²) < 4.78 is 2.17. The zero-order valence-electron chi connectivity index (χ0n) is 16.1. The Morgan fingerprint density at radius 1 is 0.778 bits per heavy atom. The molecule has 0 unspecified atom stereocenters. The van der Waals surface area contributed by atoms with Crippen LogP contribution in [0.2, 0.25) is 0 Å². The molecular formula is C25H24N2. The minimum atomic E-state index is 0.160. The van der Waals surface area contributed by atoms with E-state index in [9.17, 15) is 0 Å². The van der Waals surface area contributed by atoms with Crippen LogP contribution in [-0.4, -0.2) is 10.8 Å². The van der Waals surface area contributed by atoms with Crippen LogP contribution >= 0.6 is 0 Å². The lowest BCUT2D eigenvalue weighted by atomic mass is 9.87. The molecule has 4 rings (SSSR count). The second-order valence-corrected chi connectivity index (χ2v) is 7.89. The average molecular weight is 352 g/mol. The molecule has 0 amide bonds. The molecular weight excluding hydrogens is 328 g/mol. The zero-order valence-corrected chi connectivity index (χ0v) is 16.1. The van der Waals surface area contributed by atoms with Crippen LogP contribution in [-0.2, 0) is 5.41 Å². The first-order valence-electron chi connectivity index (χ1n) is 9.32. The van der Waals surface area contributed by atoms with E-state index in [0.717, 1.165) is 17.1 Å². The Morgan fingerprint density at radius 2 is 1.52 bits per heavy atom. The van der Waals surface area contributed by atoms with Gasteiger partial charge in [-0.05, 0) is 58.1 Å². The molecule has 0 N–H and O–H groups in total. The van der Waals surface area contributed by atoms with Gasteiger partial charge < -0.3 is 4.57 Å². The Morgan fingerprint density at radius 3 is 2.26 bits per heavy atom. The van der Waals surface area contributed by atoms with Gasteiger partial charge in [-0.1, -0.05) is 63.2 Å². The molecule has 27 heavy (non-hydrogen) atoms. The van der Waals surface area contributed by atoms with Crippen LogP contribution in [0.3, 0.4) is 0 Å². The van der Waals surface area contributed by atoms with Crippen LogP contribution in [0.5, 0.6) is 0 Å². The molecule has 1 aromatic heterocycles. The first-order valence-corrected chi connectivity index (χ1v) is 9.32. The van der Waals surface area contributed by atoms with Gasteiger partial charge in [-0.3, -0.25) is 4.99 Å². The largest absolute Gasteiger partial charge is 0.316 e. The molecule has 2 heteroatoms. The first kappa shape index (κ1) is 17.3. The SMILES string of the molecule is CC(C)(C)c1ccc(N=Cc2cccn2-c2ccc3ccccc3c2)cc1. The van der Waals surface area contributed by atoms with Crippen molar-refractivity contribution in [3.05, 3.63) is 96.3 Å². The summed E-state index contributed by atoms with van der Waals surface area (Å²) in [4.78, 5) is 4.67. The smallest absolute Gasteiger partial charge is 0.0639 e. The molecule has 3 aromatic carbocycles. The maximum absolute atomic E-state index is 4.67. The standard InChI is InChI=1S/C25H24N2/c1-25(2,3)21-11-13-22(14-12-21)26-18-24-9-6-16-27(24)23-15-10-19-7-4-5-8-20(19)17-23/h4-18H,1-3H3. The number of fused-ring (bicyclic) bond motifs is 1. The molecule has 0 atom stereocenters. The summed E-state index contributed by atoms with van der Waals surface area (Å²) >= 11 is 0. The molecule has 4 aromatic rings. The predicted molar refractivity (Wildman–Crippen MR) is 116 cm³/mol. The number of aromatic nitrogens is 1. The minimum absolute atomic E-state index is 0.160. The maximum atomic E-state index is 4.67. The van der Waals surface area contributed by atoms with Crippen molar-refractivity contribution in [2.24, 2.45) is 4.99 Å². The van der Waals surface area contributed by atoms with E-state index in [4.69, 9.17) is 0 Å². The monoisotopic (exact) mass is 352 g/mol. The van der Waals surface area contributed by atoms with E-state index in [1.165, 1.54) is 16.3 Å². The zero-order chi connectivity index (χ0) is 18.9. The number of nitrogens with zero attached hydrogens (tertiary/aromatic N) is 2. The minimum Gasteiger partial charge on any atom is -0.316 e. The van der Waals surface area contributed by atoms with E-state index in [2.05, 4.69) is 115 Å². The van der Waals surface area contributed by atoms with E-state index < -0.39 is 0 Å². The van der Waals surface area contributed by atoms with Crippen molar-refractivity contribution in [1.82, 2.24) is 4.57 Å². The molecule has 0 aliphatic rings. The van der Waals surface area contributed by atoms with Gasteiger partial charge in [-0.15, -0.1) is 0 Å². The van der Waals surface area contributed by atoms with Gasteiger partial charge in [-0.2, -0.15) is 0 Å². The fraction of sp³-hybridized carbons (Fsp3) is 0.160. The van der Waals surface area contributed by atoms with Crippen LogP contribution in [0, 0.1) is 0 Å². The van der Waals surface area contributed by atoms with Crippen molar-refractivity contribution in [1.29, 1.82) is 0 Å². The van der Waals surface area contributed by atoms with Crippen LogP contribution in [0.25, 0.3) is 16.5 Å². The summed E-state index contributed by atoms with van der Waals surface area (Å²) in [7, 11) is 0. The van der Waals surface area contributed by atoms with Crippen molar-refractivity contribution >= 4 is 22.7 Å². The van der Waals surface area contributed by atoms with Gasteiger partial charge >= 0.3 is 0 Å². The van der Waals surface area contributed by atoms with Crippen molar-refractivity contribution in [3.8, 4) is 5.69 Å². The van der Waals surface area contributed by atoms with E-state index in [0.29, 0.717) is 0 Å². The highest BCUT2D eigenvalue weighted by molar-refractivity contribution is 5.86. The molecule has 1 heterocycles. The second-order valence-electron chi connectivity index (χ2n) is 7.89. The number of aliphatic imine (C=N–C) groups is 1. The van der Waals surface area contributed by atoms with Crippen molar-refractivity contribution in [3.63, 3.8) is 0 Å². The van der Waals surface area contributed by atoms with Crippen LogP contribution < -0.4 is 0 Å². The highest BCUT2D eigenvalue weighted by atomic mass is 15.0. The lowest BCUT2D eigenvalue weighted by Crippen LogP contribution is -2.10. The predicted octanol–water partition coefficient (Wildman–Crippen LogP) is 6.68. The van der Waals surface area contributed by atoms with Gasteiger partial charge in [0.1, 0.15) is 0 Å². The summed E-state index contributed by atoms with van der Waals surface area (Å²) in [5.74, 6) is 0. The molecule has 0 radical (unpaired) electrons. The normalized spacial score (nSPS) is 12.1. The van der Waals surface area contributed by atoms with Gasteiger partial charge in [0, 0.05) is 11.9 Å². The summed E-state index contributed by atoms with van der Waals surface area (Å²) in [6, 6.07) is 27.6. The lowest BCUT2D eigenvalue weighted by molar-refractivity contribution is 0.590. The van der Waals surface area contributed by atoms with Gasteiger partial charge in [-0.25, -0.2) is 0 Å². The van der Waals surface area contributed by atoms with Crippen molar-refractivity contribution in [2.75, 3.05) is 0 Å². The average Bonchev–Trinajstić information content (AvgIpc) is 3.14. The van der Waals surface area contributed by atoms with E-state index in [1.807, 2.05) is 6.21 Å². The lowest BCUT2D eigenvalue weighted by Gasteiger charge is -2.18. The fourth-order valence-electron chi connectivity index (χ4n) is 3.25. The third-order valence-corrected chi connectivity index (χ3v) is 4.87. The first-order chi connectivity index (χ1) is 13.0. The Labute approximate surface area is 160 Å². The summed E-state index contributed by atoms with van der Waals surface area (Å²) in [5, 5.41) is 2.49. The maximum Gasteiger partial charge on any atom is 0.0639 e. The molecule has 0 aliphatic carbocycles. The van der Waals surface area contributed by atoms with Crippen LogP contribution in [0.4, 0.5) is 5.69 Å². The molecule has 0 bridgehead atoms. The quantitative estimate of drug-likeness (QED) is 0.366. The molecule has 0 saturated heterocycles. The number of rotatable bonds is 3. The molecule has 2 nitrogen and oxygen atoms in total. The molecule has 134 valence electrons. The molecule has 0 saturated carbocycles. The van der Waals surface area contributed by atoms with Crippen LogP contribution in [0.1, 0.15) is 32.0 Å². The Bertz CT molecular complexity index is 1090. The van der Waals surface area contributed by atoms with E-state index >= 15 is 0 Å². The Balaban J connectivity index is 1.62. The van der Waals surface area contributed by atoms with Crippen molar-refractivity contribution in [2.45, 2.75) is 26.2 Å². The summed E-state index contributed by atoms with van der Waals surface area (Å²) in [6.45, 7) is 6.67. The van der Waals surface area contributed by atoms with Gasteiger partial charge in [0.2, 0.25) is 0 Å². The summed E-state index contributed by atoms with van der Waals surface area (Å²) in [6.07, 6.45) is 4.01. The van der Waals surface area contributed by atoms with Gasteiger partial charge in [0.15, 0.2) is 0 Å². The Kier molecular flexibility index (Phi) is 4.41. The highest BCUT2D eigenvalue weighted by Gasteiger charge is 2.12. The third-order valence-electron chi connectivity index (χ3n) is 4.87.